The molecule has 0 aliphatic heterocycles. The van der Waals surface area contributed by atoms with Gasteiger partial charge in [0.2, 0.25) is 0 Å². The molecule has 0 atom stereocenters. The summed E-state index contributed by atoms with van der Waals surface area (Å²) in [6.45, 7) is 2.81. The Labute approximate surface area is 151 Å². The van der Waals surface area contributed by atoms with E-state index in [0.717, 1.165) is 18.1 Å². The summed E-state index contributed by atoms with van der Waals surface area (Å²) < 4.78 is 0. The first-order valence-corrected chi connectivity index (χ1v) is 8.28. The van der Waals surface area contributed by atoms with Crippen LogP contribution in [0.2, 0.25) is 5.02 Å². The molecule has 3 rings (SSSR count). The van der Waals surface area contributed by atoms with Crippen molar-refractivity contribution in [3.8, 4) is 0 Å². The zero-order valence-corrected chi connectivity index (χ0v) is 14.4. The monoisotopic (exact) mass is 352 g/mol. The van der Waals surface area contributed by atoms with Crippen molar-refractivity contribution in [3.63, 3.8) is 0 Å². The molecule has 6 heteroatoms. The summed E-state index contributed by atoms with van der Waals surface area (Å²) >= 11 is 5.83. The molecule has 0 fully saturated rings. The number of hydrogen-bond acceptors (Lipinski definition) is 4. The third kappa shape index (κ3) is 4.14. The van der Waals surface area contributed by atoms with Crippen molar-refractivity contribution >= 4 is 34.8 Å². The van der Waals surface area contributed by atoms with Gasteiger partial charge in [-0.05, 0) is 55.5 Å². The molecule has 0 saturated carbocycles. The number of anilines is 3. The Kier molecular flexibility index (Phi) is 5.26. The maximum absolute atomic E-state index is 12.2. The van der Waals surface area contributed by atoms with Gasteiger partial charge in [0.1, 0.15) is 0 Å². The lowest BCUT2D eigenvalue weighted by Gasteiger charge is -2.21. The number of rotatable bonds is 5. The van der Waals surface area contributed by atoms with E-state index in [0.29, 0.717) is 16.4 Å². The number of amides is 1. The Hall–Kier alpha value is -2.92. The third-order valence-electron chi connectivity index (χ3n) is 3.66. The maximum atomic E-state index is 12.2. The van der Waals surface area contributed by atoms with Crippen molar-refractivity contribution in [2.45, 2.75) is 6.92 Å². The van der Waals surface area contributed by atoms with E-state index in [9.17, 15) is 4.79 Å². The normalized spacial score (nSPS) is 10.3. The fraction of sp³-hybridized carbons (Fsp3) is 0.105. The number of aromatic nitrogens is 2. The highest BCUT2D eigenvalue weighted by Crippen LogP contribution is 2.22. The lowest BCUT2D eigenvalue weighted by atomic mass is 10.2. The Bertz CT molecular complexity index is 836. The predicted octanol–water partition coefficient (Wildman–Crippen LogP) is 4.54. The van der Waals surface area contributed by atoms with E-state index in [4.69, 9.17) is 11.6 Å². The van der Waals surface area contributed by atoms with Crippen molar-refractivity contribution in [2.75, 3.05) is 16.8 Å². The quantitative estimate of drug-likeness (QED) is 0.732. The molecule has 1 N–H and O–H groups in total. The van der Waals surface area contributed by atoms with E-state index in [1.165, 1.54) is 0 Å². The van der Waals surface area contributed by atoms with Gasteiger partial charge in [-0.15, -0.1) is 10.2 Å². The van der Waals surface area contributed by atoms with Gasteiger partial charge >= 0.3 is 0 Å². The van der Waals surface area contributed by atoms with E-state index in [1.54, 1.807) is 30.3 Å². The molecule has 1 aromatic heterocycles. The Morgan fingerprint density at radius 2 is 1.72 bits per heavy atom. The van der Waals surface area contributed by atoms with E-state index in [1.807, 2.05) is 48.2 Å². The SMILES string of the molecule is CCN(c1ccccc1)c1ccc(NC(=O)c2ccc(Cl)cc2)nn1. The van der Waals surface area contributed by atoms with Gasteiger partial charge < -0.3 is 10.2 Å². The van der Waals surface area contributed by atoms with Gasteiger partial charge in [0.15, 0.2) is 11.6 Å². The van der Waals surface area contributed by atoms with Gasteiger partial charge in [-0.25, -0.2) is 0 Å². The highest BCUT2D eigenvalue weighted by Gasteiger charge is 2.11. The van der Waals surface area contributed by atoms with Gasteiger partial charge in [0.05, 0.1) is 0 Å². The third-order valence-corrected chi connectivity index (χ3v) is 3.91. The van der Waals surface area contributed by atoms with Gasteiger partial charge in [-0.1, -0.05) is 29.8 Å². The van der Waals surface area contributed by atoms with Crippen LogP contribution < -0.4 is 10.2 Å². The molecule has 2 aromatic carbocycles. The second kappa shape index (κ2) is 7.77. The highest BCUT2D eigenvalue weighted by molar-refractivity contribution is 6.30. The molecule has 0 bridgehead atoms. The number of para-hydroxylation sites is 1. The van der Waals surface area contributed by atoms with Crippen LogP contribution in [0.1, 0.15) is 17.3 Å². The van der Waals surface area contributed by atoms with E-state index in [-0.39, 0.29) is 5.91 Å². The van der Waals surface area contributed by atoms with Crippen molar-refractivity contribution in [1.82, 2.24) is 10.2 Å². The minimum Gasteiger partial charge on any atom is -0.325 e. The first-order valence-electron chi connectivity index (χ1n) is 7.90. The number of hydrogen-bond donors (Lipinski definition) is 1. The minimum absolute atomic E-state index is 0.255. The largest absolute Gasteiger partial charge is 0.325 e. The summed E-state index contributed by atoms with van der Waals surface area (Å²) in [5, 5.41) is 11.6. The molecular weight excluding hydrogens is 336 g/mol. The first-order chi connectivity index (χ1) is 12.2. The summed E-state index contributed by atoms with van der Waals surface area (Å²) in [7, 11) is 0. The molecule has 3 aromatic rings. The number of carbonyl (C=O) groups excluding carboxylic acids is 1. The summed E-state index contributed by atoms with van der Waals surface area (Å²) in [4.78, 5) is 14.2. The van der Waals surface area contributed by atoms with Crippen LogP contribution in [0.25, 0.3) is 0 Å². The van der Waals surface area contributed by atoms with E-state index >= 15 is 0 Å². The van der Waals surface area contributed by atoms with Crippen LogP contribution in [-0.4, -0.2) is 22.6 Å². The molecule has 126 valence electrons. The lowest BCUT2D eigenvalue weighted by Crippen LogP contribution is -2.18. The van der Waals surface area contributed by atoms with Crippen LogP contribution in [0, 0.1) is 0 Å². The highest BCUT2D eigenvalue weighted by atomic mass is 35.5. The average Bonchev–Trinajstić information content (AvgIpc) is 2.65. The topological polar surface area (TPSA) is 58.1 Å². The number of nitrogens with one attached hydrogen (secondary N) is 1. The van der Waals surface area contributed by atoms with Crippen molar-refractivity contribution in [3.05, 3.63) is 77.3 Å². The fourth-order valence-corrected chi connectivity index (χ4v) is 2.54. The van der Waals surface area contributed by atoms with Crippen LogP contribution in [0.4, 0.5) is 17.3 Å². The number of benzene rings is 2. The molecule has 0 radical (unpaired) electrons. The van der Waals surface area contributed by atoms with Crippen molar-refractivity contribution in [1.29, 1.82) is 0 Å². The minimum atomic E-state index is -0.255. The number of nitrogens with zero attached hydrogens (tertiary/aromatic N) is 3. The van der Waals surface area contributed by atoms with E-state index < -0.39 is 0 Å². The molecule has 0 unspecified atom stereocenters. The first kappa shape index (κ1) is 16.9. The Balaban J connectivity index is 1.73. The number of carbonyl (C=O) groups is 1. The van der Waals surface area contributed by atoms with Crippen LogP contribution in [0.5, 0.6) is 0 Å². The molecular formula is C19H17ClN4O. The van der Waals surface area contributed by atoms with Gasteiger partial charge in [-0.3, -0.25) is 4.79 Å². The van der Waals surface area contributed by atoms with E-state index in [2.05, 4.69) is 15.5 Å². The Morgan fingerprint density at radius 1 is 1.00 bits per heavy atom. The molecule has 0 saturated heterocycles. The average molecular weight is 353 g/mol. The molecule has 0 aliphatic rings. The second-order valence-corrected chi connectivity index (χ2v) is 5.75. The fourth-order valence-electron chi connectivity index (χ4n) is 2.41. The van der Waals surface area contributed by atoms with Crippen molar-refractivity contribution in [2.24, 2.45) is 0 Å². The summed E-state index contributed by atoms with van der Waals surface area (Å²) in [5.41, 5.74) is 1.55. The molecule has 1 amide bonds. The zero-order valence-electron chi connectivity index (χ0n) is 13.7. The summed E-state index contributed by atoms with van der Waals surface area (Å²) in [6.07, 6.45) is 0. The van der Waals surface area contributed by atoms with Gasteiger partial charge in [0.25, 0.3) is 5.91 Å². The number of halogens is 1. The second-order valence-electron chi connectivity index (χ2n) is 5.32. The predicted molar refractivity (Wildman–Crippen MR) is 101 cm³/mol. The van der Waals surface area contributed by atoms with Crippen molar-refractivity contribution < 1.29 is 4.79 Å². The lowest BCUT2D eigenvalue weighted by molar-refractivity contribution is 0.102. The van der Waals surface area contributed by atoms with Crippen LogP contribution >= 0.6 is 11.6 Å². The summed E-state index contributed by atoms with van der Waals surface area (Å²) in [5.74, 6) is 0.861. The molecule has 5 nitrogen and oxygen atoms in total. The van der Waals surface area contributed by atoms with Gasteiger partial charge in [-0.2, -0.15) is 0 Å². The zero-order chi connectivity index (χ0) is 17.6. The molecule has 1 heterocycles. The summed E-state index contributed by atoms with van der Waals surface area (Å²) in [6, 6.07) is 20.2. The van der Waals surface area contributed by atoms with Crippen LogP contribution in [-0.2, 0) is 0 Å². The van der Waals surface area contributed by atoms with Crippen LogP contribution in [0.15, 0.2) is 66.7 Å². The molecule has 25 heavy (non-hydrogen) atoms. The Morgan fingerprint density at radius 3 is 2.32 bits per heavy atom. The smallest absolute Gasteiger partial charge is 0.256 e. The van der Waals surface area contributed by atoms with Gasteiger partial charge in [0, 0.05) is 22.8 Å². The standard InChI is InChI=1S/C19H17ClN4O/c1-2-24(16-6-4-3-5-7-16)18-13-12-17(22-23-18)21-19(25)14-8-10-15(20)11-9-14/h3-13H,2H2,1H3,(H,21,22,25). The maximum Gasteiger partial charge on any atom is 0.256 e. The van der Waals surface area contributed by atoms with Crippen LogP contribution in [0.3, 0.4) is 0 Å². The molecule has 0 aliphatic carbocycles. The molecule has 0 spiro atoms.